The fourth-order valence-electron chi connectivity index (χ4n) is 3.75. The quantitative estimate of drug-likeness (QED) is 0.791. The van der Waals surface area contributed by atoms with Crippen LogP contribution < -0.4 is 5.32 Å². The van der Waals surface area contributed by atoms with Crippen LogP contribution in [0, 0.1) is 0 Å². The van der Waals surface area contributed by atoms with Crippen molar-refractivity contribution in [1.82, 2.24) is 15.1 Å². The molecule has 0 radical (unpaired) electrons. The molecule has 0 aromatic carbocycles. The standard InChI is InChI=1S/C14H27N3O/c1(6-16-8-10-18-11-9-16)7-17-13-2-3-14(17)12-15-5-4-13/h13-15H,1-12H2. The number of hydrogen-bond donors (Lipinski definition) is 1. The van der Waals surface area contributed by atoms with Crippen LogP contribution in [-0.2, 0) is 4.74 Å². The fraction of sp³-hybridized carbons (Fsp3) is 1.00. The van der Waals surface area contributed by atoms with Gasteiger partial charge in [-0.05, 0) is 45.3 Å². The minimum absolute atomic E-state index is 0.821. The van der Waals surface area contributed by atoms with Gasteiger partial charge in [0.15, 0.2) is 0 Å². The van der Waals surface area contributed by atoms with Crippen molar-refractivity contribution in [1.29, 1.82) is 0 Å². The summed E-state index contributed by atoms with van der Waals surface area (Å²) in [5.41, 5.74) is 0. The zero-order valence-electron chi connectivity index (χ0n) is 11.4. The average molecular weight is 253 g/mol. The lowest BCUT2D eigenvalue weighted by Crippen LogP contribution is -2.41. The maximum atomic E-state index is 5.40. The molecular formula is C14H27N3O. The van der Waals surface area contributed by atoms with Gasteiger partial charge in [-0.3, -0.25) is 9.80 Å². The van der Waals surface area contributed by atoms with Crippen LogP contribution in [0.4, 0.5) is 0 Å². The van der Waals surface area contributed by atoms with E-state index in [4.69, 9.17) is 4.74 Å². The molecule has 4 heteroatoms. The van der Waals surface area contributed by atoms with E-state index in [0.29, 0.717) is 0 Å². The van der Waals surface area contributed by atoms with Gasteiger partial charge in [0, 0.05) is 31.7 Å². The number of morpholine rings is 1. The molecule has 18 heavy (non-hydrogen) atoms. The lowest BCUT2D eigenvalue weighted by molar-refractivity contribution is 0.0353. The van der Waals surface area contributed by atoms with Gasteiger partial charge in [-0.25, -0.2) is 0 Å². The number of hydrogen-bond acceptors (Lipinski definition) is 4. The molecule has 3 saturated heterocycles. The molecule has 0 aromatic rings. The number of ether oxygens (including phenoxy) is 1. The molecule has 0 aromatic heterocycles. The molecule has 3 aliphatic heterocycles. The van der Waals surface area contributed by atoms with Gasteiger partial charge in [0.25, 0.3) is 0 Å². The normalized spacial score (nSPS) is 34.7. The van der Waals surface area contributed by atoms with Gasteiger partial charge in [0.2, 0.25) is 0 Å². The van der Waals surface area contributed by atoms with Gasteiger partial charge in [-0.15, -0.1) is 0 Å². The summed E-state index contributed by atoms with van der Waals surface area (Å²) < 4.78 is 5.40. The molecule has 0 saturated carbocycles. The number of fused-ring (bicyclic) bond motifs is 2. The highest BCUT2D eigenvalue weighted by Gasteiger charge is 2.34. The first-order valence-corrected chi connectivity index (χ1v) is 7.70. The zero-order valence-corrected chi connectivity index (χ0v) is 11.4. The minimum Gasteiger partial charge on any atom is -0.379 e. The van der Waals surface area contributed by atoms with Gasteiger partial charge in [-0.2, -0.15) is 0 Å². The van der Waals surface area contributed by atoms with E-state index in [0.717, 1.165) is 38.4 Å². The Morgan fingerprint density at radius 2 is 1.83 bits per heavy atom. The Morgan fingerprint density at radius 1 is 1.00 bits per heavy atom. The summed E-state index contributed by atoms with van der Waals surface area (Å²) in [7, 11) is 0. The minimum atomic E-state index is 0.821. The predicted molar refractivity (Wildman–Crippen MR) is 72.9 cm³/mol. The molecule has 0 spiro atoms. The summed E-state index contributed by atoms with van der Waals surface area (Å²) in [6, 6.07) is 1.69. The Labute approximate surface area is 111 Å². The van der Waals surface area contributed by atoms with E-state index in [1.165, 1.54) is 51.9 Å². The van der Waals surface area contributed by atoms with Crippen molar-refractivity contribution in [2.75, 3.05) is 52.5 Å². The Balaban J connectivity index is 1.42. The van der Waals surface area contributed by atoms with E-state index in [9.17, 15) is 0 Å². The predicted octanol–water partition coefficient (Wildman–Crippen LogP) is 0.535. The van der Waals surface area contributed by atoms with Crippen LogP contribution in [0.15, 0.2) is 0 Å². The molecule has 2 atom stereocenters. The van der Waals surface area contributed by atoms with Gasteiger partial charge < -0.3 is 10.1 Å². The van der Waals surface area contributed by atoms with Crippen molar-refractivity contribution in [3.05, 3.63) is 0 Å². The molecule has 0 aliphatic carbocycles. The van der Waals surface area contributed by atoms with Crippen molar-refractivity contribution in [3.8, 4) is 0 Å². The van der Waals surface area contributed by atoms with E-state index < -0.39 is 0 Å². The maximum Gasteiger partial charge on any atom is 0.0594 e. The topological polar surface area (TPSA) is 27.7 Å². The van der Waals surface area contributed by atoms with Crippen LogP contribution in [0.2, 0.25) is 0 Å². The molecule has 3 fully saturated rings. The molecule has 0 amide bonds. The smallest absolute Gasteiger partial charge is 0.0594 e. The number of rotatable bonds is 4. The second-order valence-electron chi connectivity index (χ2n) is 5.92. The fourth-order valence-corrected chi connectivity index (χ4v) is 3.75. The third kappa shape index (κ3) is 3.05. The summed E-state index contributed by atoms with van der Waals surface area (Å²) >= 11 is 0. The second kappa shape index (κ2) is 6.33. The van der Waals surface area contributed by atoms with Crippen LogP contribution in [0.1, 0.15) is 25.7 Å². The highest BCUT2D eigenvalue weighted by molar-refractivity contribution is 4.91. The van der Waals surface area contributed by atoms with Crippen molar-refractivity contribution >= 4 is 0 Å². The number of nitrogens with one attached hydrogen (secondary N) is 1. The molecule has 3 rings (SSSR count). The molecule has 4 nitrogen and oxygen atoms in total. The molecule has 2 unspecified atom stereocenters. The first-order chi connectivity index (χ1) is 8.93. The monoisotopic (exact) mass is 253 g/mol. The molecule has 3 aliphatic rings. The van der Waals surface area contributed by atoms with Gasteiger partial charge in [0.05, 0.1) is 13.2 Å². The number of nitrogens with zero attached hydrogens (tertiary/aromatic N) is 2. The Morgan fingerprint density at radius 3 is 2.72 bits per heavy atom. The Hall–Kier alpha value is -0.160. The van der Waals surface area contributed by atoms with Crippen LogP contribution >= 0.6 is 0 Å². The highest BCUT2D eigenvalue weighted by atomic mass is 16.5. The summed E-state index contributed by atoms with van der Waals surface area (Å²) in [5.74, 6) is 0. The summed E-state index contributed by atoms with van der Waals surface area (Å²) in [6.07, 6.45) is 5.53. The van der Waals surface area contributed by atoms with Crippen molar-refractivity contribution < 1.29 is 4.74 Å². The largest absolute Gasteiger partial charge is 0.379 e. The molecule has 3 heterocycles. The summed E-state index contributed by atoms with van der Waals surface area (Å²) in [5, 5.41) is 3.58. The van der Waals surface area contributed by atoms with E-state index >= 15 is 0 Å². The van der Waals surface area contributed by atoms with Crippen LogP contribution in [0.25, 0.3) is 0 Å². The lowest BCUT2D eigenvalue weighted by atomic mass is 10.1. The average Bonchev–Trinajstić information content (AvgIpc) is 2.64. The Bertz CT molecular complexity index is 241. The van der Waals surface area contributed by atoms with E-state index in [-0.39, 0.29) is 0 Å². The van der Waals surface area contributed by atoms with Crippen molar-refractivity contribution in [2.24, 2.45) is 0 Å². The maximum absolute atomic E-state index is 5.40. The van der Waals surface area contributed by atoms with E-state index in [1.54, 1.807) is 0 Å². The first-order valence-electron chi connectivity index (χ1n) is 7.70. The van der Waals surface area contributed by atoms with Gasteiger partial charge >= 0.3 is 0 Å². The summed E-state index contributed by atoms with van der Waals surface area (Å²) in [6.45, 7) is 9.12. The molecule has 1 N–H and O–H groups in total. The van der Waals surface area contributed by atoms with Crippen LogP contribution in [-0.4, -0.2) is 74.4 Å². The van der Waals surface area contributed by atoms with Crippen molar-refractivity contribution in [3.63, 3.8) is 0 Å². The third-order valence-corrected chi connectivity index (χ3v) is 4.80. The molecule has 104 valence electrons. The second-order valence-corrected chi connectivity index (χ2v) is 5.92. The lowest BCUT2D eigenvalue weighted by Gasteiger charge is -2.30. The summed E-state index contributed by atoms with van der Waals surface area (Å²) in [4.78, 5) is 5.35. The van der Waals surface area contributed by atoms with Crippen molar-refractivity contribution in [2.45, 2.75) is 37.8 Å². The first kappa shape index (κ1) is 12.9. The van der Waals surface area contributed by atoms with Crippen LogP contribution in [0.5, 0.6) is 0 Å². The van der Waals surface area contributed by atoms with E-state index in [2.05, 4.69) is 15.1 Å². The SMILES string of the molecule is C(CN1CCOCC1)CN1C2CCNCC1CC2. The van der Waals surface area contributed by atoms with Gasteiger partial charge in [0.1, 0.15) is 0 Å². The Kier molecular flexibility index (Phi) is 4.52. The van der Waals surface area contributed by atoms with Crippen LogP contribution in [0.3, 0.4) is 0 Å². The molecule has 2 bridgehead atoms. The zero-order chi connectivity index (χ0) is 12.2. The molecular weight excluding hydrogens is 226 g/mol. The van der Waals surface area contributed by atoms with E-state index in [1.807, 2.05) is 0 Å². The highest BCUT2D eigenvalue weighted by Crippen LogP contribution is 2.27. The third-order valence-electron chi connectivity index (χ3n) is 4.80. The van der Waals surface area contributed by atoms with Gasteiger partial charge in [-0.1, -0.05) is 0 Å².